The topological polar surface area (TPSA) is 23.5 Å². The maximum Gasteiger partial charge on any atom is 0.0580 e. The van der Waals surface area contributed by atoms with Crippen LogP contribution in [0.1, 0.15) is 65.7 Å². The lowest BCUT2D eigenvalue weighted by molar-refractivity contribution is 0.0392. The molecule has 2 unspecified atom stereocenters. The largest absolute Gasteiger partial charge is 0.393 e. The third-order valence-electron chi connectivity index (χ3n) is 4.12. The van der Waals surface area contributed by atoms with E-state index in [0.717, 1.165) is 13.0 Å². The average molecular weight is 241 g/mol. The SMILES string of the molecule is CCCCCN(CC1CCCCC1O)C(C)C. The lowest BCUT2D eigenvalue weighted by Crippen LogP contribution is -2.40. The fraction of sp³-hybridized carbons (Fsp3) is 1.00. The molecule has 1 aliphatic carbocycles. The minimum Gasteiger partial charge on any atom is -0.393 e. The molecule has 0 heterocycles. The normalized spacial score (nSPS) is 25.8. The van der Waals surface area contributed by atoms with Crippen molar-refractivity contribution < 1.29 is 5.11 Å². The Balaban J connectivity index is 2.36. The van der Waals surface area contributed by atoms with Gasteiger partial charge in [-0.1, -0.05) is 32.6 Å². The summed E-state index contributed by atoms with van der Waals surface area (Å²) in [6.45, 7) is 9.12. The molecule has 2 nitrogen and oxygen atoms in total. The van der Waals surface area contributed by atoms with Crippen molar-refractivity contribution in [3.05, 3.63) is 0 Å². The standard InChI is InChI=1S/C15H31NO/c1-4-5-8-11-16(13(2)3)12-14-9-6-7-10-15(14)17/h13-15,17H,4-12H2,1-3H3. The first-order valence-electron chi connectivity index (χ1n) is 7.57. The molecule has 0 radical (unpaired) electrons. The van der Waals surface area contributed by atoms with E-state index in [4.69, 9.17) is 0 Å². The van der Waals surface area contributed by atoms with Crippen LogP contribution in [-0.4, -0.2) is 35.2 Å². The van der Waals surface area contributed by atoms with Crippen molar-refractivity contribution >= 4 is 0 Å². The Morgan fingerprint density at radius 3 is 2.47 bits per heavy atom. The highest BCUT2D eigenvalue weighted by molar-refractivity contribution is 4.78. The molecule has 102 valence electrons. The van der Waals surface area contributed by atoms with E-state index in [0.29, 0.717) is 12.0 Å². The second-order valence-electron chi connectivity index (χ2n) is 5.91. The second-order valence-corrected chi connectivity index (χ2v) is 5.91. The lowest BCUT2D eigenvalue weighted by Gasteiger charge is -2.35. The number of hydrogen-bond acceptors (Lipinski definition) is 2. The average Bonchev–Trinajstić information content (AvgIpc) is 2.30. The summed E-state index contributed by atoms with van der Waals surface area (Å²) in [5, 5.41) is 10.0. The fourth-order valence-electron chi connectivity index (χ4n) is 2.83. The zero-order chi connectivity index (χ0) is 12.7. The van der Waals surface area contributed by atoms with Crippen LogP contribution in [0.4, 0.5) is 0 Å². The minimum absolute atomic E-state index is 0.0452. The van der Waals surface area contributed by atoms with Crippen LogP contribution >= 0.6 is 0 Å². The lowest BCUT2D eigenvalue weighted by atomic mass is 9.86. The summed E-state index contributed by atoms with van der Waals surface area (Å²) in [4.78, 5) is 2.56. The Morgan fingerprint density at radius 1 is 1.18 bits per heavy atom. The van der Waals surface area contributed by atoms with Crippen LogP contribution in [0.15, 0.2) is 0 Å². The Morgan fingerprint density at radius 2 is 1.88 bits per heavy atom. The van der Waals surface area contributed by atoms with Crippen LogP contribution in [0.5, 0.6) is 0 Å². The van der Waals surface area contributed by atoms with Gasteiger partial charge in [-0.25, -0.2) is 0 Å². The Bertz CT molecular complexity index is 193. The fourth-order valence-corrected chi connectivity index (χ4v) is 2.83. The molecule has 17 heavy (non-hydrogen) atoms. The summed E-state index contributed by atoms with van der Waals surface area (Å²) in [6, 6.07) is 0.612. The molecule has 1 fully saturated rings. The van der Waals surface area contributed by atoms with Gasteiger partial charge in [0.05, 0.1) is 6.10 Å². The predicted molar refractivity (Wildman–Crippen MR) is 74.2 cm³/mol. The molecule has 0 spiro atoms. The van der Waals surface area contributed by atoms with Crippen LogP contribution in [0, 0.1) is 5.92 Å². The first-order chi connectivity index (χ1) is 8.15. The molecular formula is C15H31NO. The van der Waals surface area contributed by atoms with Gasteiger partial charge in [-0.2, -0.15) is 0 Å². The molecule has 0 aromatic heterocycles. The maximum atomic E-state index is 10.0. The van der Waals surface area contributed by atoms with Gasteiger partial charge >= 0.3 is 0 Å². The van der Waals surface area contributed by atoms with E-state index < -0.39 is 0 Å². The molecule has 0 saturated heterocycles. The number of hydrogen-bond donors (Lipinski definition) is 1. The first-order valence-corrected chi connectivity index (χ1v) is 7.57. The Kier molecular flexibility index (Phi) is 7.14. The summed E-state index contributed by atoms with van der Waals surface area (Å²) in [5.41, 5.74) is 0. The summed E-state index contributed by atoms with van der Waals surface area (Å²) >= 11 is 0. The van der Waals surface area contributed by atoms with E-state index in [1.54, 1.807) is 0 Å². The molecule has 0 amide bonds. The molecule has 1 aliphatic rings. The second kappa shape index (κ2) is 8.10. The van der Waals surface area contributed by atoms with Crippen molar-refractivity contribution in [3.63, 3.8) is 0 Å². The number of rotatable bonds is 7. The molecular weight excluding hydrogens is 210 g/mol. The van der Waals surface area contributed by atoms with Gasteiger partial charge in [0.1, 0.15) is 0 Å². The summed E-state index contributed by atoms with van der Waals surface area (Å²) < 4.78 is 0. The number of aliphatic hydroxyl groups is 1. The van der Waals surface area contributed by atoms with Gasteiger partial charge in [0.25, 0.3) is 0 Å². The van der Waals surface area contributed by atoms with Gasteiger partial charge in [-0.15, -0.1) is 0 Å². The number of aliphatic hydroxyl groups excluding tert-OH is 1. The highest BCUT2D eigenvalue weighted by atomic mass is 16.3. The molecule has 2 heteroatoms. The molecule has 0 aromatic rings. The van der Waals surface area contributed by atoms with Crippen LogP contribution in [0.3, 0.4) is 0 Å². The molecule has 0 aromatic carbocycles. The maximum absolute atomic E-state index is 10.0. The van der Waals surface area contributed by atoms with Crippen molar-refractivity contribution in [2.45, 2.75) is 77.9 Å². The van der Waals surface area contributed by atoms with Gasteiger partial charge in [0, 0.05) is 12.6 Å². The van der Waals surface area contributed by atoms with Gasteiger partial charge in [-0.05, 0) is 45.6 Å². The molecule has 1 rings (SSSR count). The van der Waals surface area contributed by atoms with E-state index in [1.165, 1.54) is 45.1 Å². The van der Waals surface area contributed by atoms with Crippen LogP contribution in [0.2, 0.25) is 0 Å². The zero-order valence-corrected chi connectivity index (χ0v) is 12.0. The molecule has 2 atom stereocenters. The Hall–Kier alpha value is -0.0800. The smallest absolute Gasteiger partial charge is 0.0580 e. The summed E-state index contributed by atoms with van der Waals surface area (Å²) in [6.07, 6.45) is 8.64. The molecule has 0 bridgehead atoms. The van der Waals surface area contributed by atoms with Crippen molar-refractivity contribution in [1.82, 2.24) is 4.90 Å². The van der Waals surface area contributed by atoms with E-state index >= 15 is 0 Å². The van der Waals surface area contributed by atoms with E-state index in [2.05, 4.69) is 25.7 Å². The van der Waals surface area contributed by atoms with Gasteiger partial charge < -0.3 is 10.0 Å². The highest BCUT2D eigenvalue weighted by Gasteiger charge is 2.25. The summed E-state index contributed by atoms with van der Waals surface area (Å²) in [7, 11) is 0. The van der Waals surface area contributed by atoms with Gasteiger partial charge in [0.2, 0.25) is 0 Å². The minimum atomic E-state index is -0.0452. The van der Waals surface area contributed by atoms with E-state index in [-0.39, 0.29) is 6.10 Å². The predicted octanol–water partition coefficient (Wildman–Crippen LogP) is 3.44. The zero-order valence-electron chi connectivity index (χ0n) is 12.0. The number of nitrogens with zero attached hydrogens (tertiary/aromatic N) is 1. The molecule has 0 aliphatic heterocycles. The van der Waals surface area contributed by atoms with Crippen LogP contribution in [-0.2, 0) is 0 Å². The van der Waals surface area contributed by atoms with E-state index in [1.807, 2.05) is 0 Å². The van der Waals surface area contributed by atoms with Gasteiger partial charge in [-0.3, -0.25) is 0 Å². The third-order valence-corrected chi connectivity index (χ3v) is 4.12. The molecule has 1 N–H and O–H groups in total. The number of unbranched alkanes of at least 4 members (excludes halogenated alkanes) is 2. The van der Waals surface area contributed by atoms with Crippen molar-refractivity contribution in [2.24, 2.45) is 5.92 Å². The first kappa shape index (κ1) is 15.0. The highest BCUT2D eigenvalue weighted by Crippen LogP contribution is 2.25. The monoisotopic (exact) mass is 241 g/mol. The van der Waals surface area contributed by atoms with E-state index in [9.17, 15) is 5.11 Å². The molecule has 1 saturated carbocycles. The third kappa shape index (κ3) is 5.39. The Labute approximate surface area is 107 Å². The van der Waals surface area contributed by atoms with Crippen molar-refractivity contribution in [3.8, 4) is 0 Å². The van der Waals surface area contributed by atoms with Crippen molar-refractivity contribution in [2.75, 3.05) is 13.1 Å². The van der Waals surface area contributed by atoms with Crippen molar-refractivity contribution in [1.29, 1.82) is 0 Å². The quantitative estimate of drug-likeness (QED) is 0.690. The van der Waals surface area contributed by atoms with Crippen LogP contribution in [0.25, 0.3) is 0 Å². The van der Waals surface area contributed by atoms with Crippen LogP contribution < -0.4 is 0 Å². The van der Waals surface area contributed by atoms with Gasteiger partial charge in [0.15, 0.2) is 0 Å². The summed E-state index contributed by atoms with van der Waals surface area (Å²) in [5.74, 6) is 0.521.